The predicted molar refractivity (Wildman–Crippen MR) is 106 cm³/mol. The maximum absolute atomic E-state index is 12.6. The van der Waals surface area contributed by atoms with Gasteiger partial charge >= 0.3 is 7.60 Å². The van der Waals surface area contributed by atoms with Crippen molar-refractivity contribution in [3.8, 4) is 11.5 Å². The van der Waals surface area contributed by atoms with E-state index in [0.29, 0.717) is 11.5 Å². The fourth-order valence-corrected chi connectivity index (χ4v) is 4.52. The molecule has 0 amide bonds. The average molecular weight is 396 g/mol. The molecule has 7 heteroatoms. The molecule has 0 heterocycles. The van der Waals surface area contributed by atoms with Crippen molar-refractivity contribution in [2.75, 3.05) is 21.3 Å². The number of rotatable bonds is 9. The molecule has 0 aromatic heterocycles. The fraction of sp³-hybridized carbons (Fsp3) is 0.550. The second-order valence-corrected chi connectivity index (χ2v) is 9.90. The highest BCUT2D eigenvalue weighted by Crippen LogP contribution is 2.59. The summed E-state index contributed by atoms with van der Waals surface area (Å²) in [4.78, 5) is 12.6. The Balaban J connectivity index is 2.20. The van der Waals surface area contributed by atoms with Gasteiger partial charge in [0.15, 0.2) is 17.3 Å². The van der Waals surface area contributed by atoms with Crippen molar-refractivity contribution in [2.45, 2.75) is 50.8 Å². The number of hydrogen-bond acceptors (Lipinski definition) is 6. The van der Waals surface area contributed by atoms with Crippen molar-refractivity contribution >= 4 is 19.5 Å². The topological polar surface area (TPSA) is 71.1 Å². The highest BCUT2D eigenvalue weighted by Gasteiger charge is 2.46. The lowest BCUT2D eigenvalue weighted by Gasteiger charge is -2.28. The Morgan fingerprint density at radius 1 is 1.11 bits per heavy atom. The lowest BCUT2D eigenvalue weighted by Crippen LogP contribution is -2.31. The van der Waals surface area contributed by atoms with Gasteiger partial charge in [0, 0.05) is 14.2 Å². The van der Waals surface area contributed by atoms with Gasteiger partial charge in [0.05, 0.1) is 13.2 Å². The summed E-state index contributed by atoms with van der Waals surface area (Å²) in [5.74, 6) is 0.982. The van der Waals surface area contributed by atoms with Gasteiger partial charge in [-0.1, -0.05) is 12.1 Å². The number of ketones is 1. The average Bonchev–Trinajstić information content (AvgIpc) is 3.18. The Labute approximate surface area is 161 Å². The van der Waals surface area contributed by atoms with Gasteiger partial charge in [0.2, 0.25) is 0 Å². The van der Waals surface area contributed by atoms with Crippen molar-refractivity contribution < 1.29 is 27.9 Å². The predicted octanol–water partition coefficient (Wildman–Crippen LogP) is 4.86. The smallest absolute Gasteiger partial charge is 0.343 e. The second-order valence-electron chi connectivity index (χ2n) is 7.05. The zero-order valence-electron chi connectivity index (χ0n) is 16.7. The van der Waals surface area contributed by atoms with Gasteiger partial charge in [-0.25, -0.2) is 0 Å². The third kappa shape index (κ3) is 4.81. The summed E-state index contributed by atoms with van der Waals surface area (Å²) < 4.78 is 34.1. The summed E-state index contributed by atoms with van der Waals surface area (Å²) in [6.07, 6.45) is 7.70. The number of ether oxygens (including phenoxy) is 2. The van der Waals surface area contributed by atoms with Crippen LogP contribution in [0.1, 0.15) is 45.1 Å². The van der Waals surface area contributed by atoms with E-state index >= 15 is 0 Å². The summed E-state index contributed by atoms with van der Waals surface area (Å²) in [6, 6.07) is 5.50. The standard InChI is InChI=1S/C20H29O6P/c1-20(2,27(22,24-4)25-5)19(21)13-11-15-10-12-17(23-3)18(14-15)26-16-8-6-7-9-16/h10-14,16H,6-9H2,1-5H3/b13-11+. The van der Waals surface area contributed by atoms with E-state index in [4.69, 9.17) is 18.5 Å². The van der Waals surface area contributed by atoms with E-state index in [2.05, 4.69) is 0 Å². The van der Waals surface area contributed by atoms with Crippen molar-refractivity contribution in [1.29, 1.82) is 0 Å². The van der Waals surface area contributed by atoms with E-state index in [1.54, 1.807) is 27.0 Å². The first kappa shape index (κ1) is 21.7. The SMILES string of the molecule is COc1ccc(/C=C/C(=O)C(C)(C)P(=O)(OC)OC)cc1OC1CCCC1. The van der Waals surface area contributed by atoms with Crippen LogP contribution in [0.15, 0.2) is 24.3 Å². The Morgan fingerprint density at radius 2 is 1.74 bits per heavy atom. The first-order valence-corrected chi connectivity index (χ1v) is 10.6. The molecule has 6 nitrogen and oxygen atoms in total. The van der Waals surface area contributed by atoms with Gasteiger partial charge in [-0.3, -0.25) is 9.36 Å². The zero-order chi connectivity index (χ0) is 20.1. The Hall–Kier alpha value is -1.62. The van der Waals surface area contributed by atoms with Crippen LogP contribution < -0.4 is 9.47 Å². The van der Waals surface area contributed by atoms with Gasteiger partial charge in [-0.05, 0) is 63.3 Å². The summed E-state index contributed by atoms with van der Waals surface area (Å²) in [7, 11) is 0.607. The molecule has 1 fully saturated rings. The van der Waals surface area contributed by atoms with Crippen LogP contribution in [0.25, 0.3) is 6.08 Å². The number of carbonyl (C=O) groups is 1. The molecule has 1 saturated carbocycles. The maximum Gasteiger partial charge on any atom is 0.343 e. The molecular weight excluding hydrogens is 367 g/mol. The lowest BCUT2D eigenvalue weighted by molar-refractivity contribution is -0.116. The number of hydrogen-bond donors (Lipinski definition) is 0. The van der Waals surface area contributed by atoms with Crippen LogP contribution in [0.5, 0.6) is 11.5 Å². The molecule has 150 valence electrons. The number of benzene rings is 1. The van der Waals surface area contributed by atoms with Gasteiger partial charge in [-0.2, -0.15) is 0 Å². The summed E-state index contributed by atoms with van der Waals surface area (Å²) in [5, 5.41) is -1.29. The molecule has 0 radical (unpaired) electrons. The zero-order valence-corrected chi connectivity index (χ0v) is 17.6. The Morgan fingerprint density at radius 3 is 2.30 bits per heavy atom. The minimum Gasteiger partial charge on any atom is -0.493 e. The molecule has 0 spiro atoms. The van der Waals surface area contributed by atoms with Crippen LogP contribution >= 0.6 is 7.60 Å². The van der Waals surface area contributed by atoms with Crippen LogP contribution in [0.4, 0.5) is 0 Å². The molecule has 1 aromatic carbocycles. The monoisotopic (exact) mass is 396 g/mol. The van der Waals surface area contributed by atoms with E-state index in [9.17, 15) is 9.36 Å². The van der Waals surface area contributed by atoms with Crippen molar-refractivity contribution in [3.63, 3.8) is 0 Å². The highest BCUT2D eigenvalue weighted by molar-refractivity contribution is 7.56. The number of carbonyl (C=O) groups excluding carboxylic acids is 1. The molecule has 1 aliphatic carbocycles. The lowest BCUT2D eigenvalue weighted by atomic mass is 10.1. The fourth-order valence-electron chi connectivity index (χ4n) is 3.12. The van der Waals surface area contributed by atoms with E-state index in [1.807, 2.05) is 18.2 Å². The van der Waals surface area contributed by atoms with Crippen LogP contribution in [-0.4, -0.2) is 38.4 Å². The third-order valence-corrected chi connectivity index (χ3v) is 7.53. The molecule has 0 N–H and O–H groups in total. The van der Waals surface area contributed by atoms with E-state index < -0.39 is 12.8 Å². The number of methoxy groups -OCH3 is 1. The Bertz CT molecular complexity index is 726. The first-order chi connectivity index (χ1) is 12.8. The summed E-state index contributed by atoms with van der Waals surface area (Å²) >= 11 is 0. The minimum atomic E-state index is -3.55. The number of allylic oxidation sites excluding steroid dienone is 1. The molecule has 0 aliphatic heterocycles. The van der Waals surface area contributed by atoms with E-state index in [1.165, 1.54) is 33.1 Å². The van der Waals surface area contributed by atoms with Crippen LogP contribution in [0.2, 0.25) is 0 Å². The minimum absolute atomic E-state index is 0.202. The van der Waals surface area contributed by atoms with Crippen molar-refractivity contribution in [2.24, 2.45) is 0 Å². The Kier molecular flexibility index (Phi) is 7.26. The second kappa shape index (κ2) is 9.05. The quantitative estimate of drug-likeness (QED) is 0.438. The molecule has 27 heavy (non-hydrogen) atoms. The molecule has 1 aliphatic rings. The molecule has 1 aromatic rings. The van der Waals surface area contributed by atoms with Gasteiger partial charge < -0.3 is 18.5 Å². The van der Waals surface area contributed by atoms with Crippen LogP contribution in [0.3, 0.4) is 0 Å². The largest absolute Gasteiger partial charge is 0.493 e. The van der Waals surface area contributed by atoms with Crippen LogP contribution in [-0.2, 0) is 18.4 Å². The molecular formula is C20H29O6P. The van der Waals surface area contributed by atoms with Gasteiger partial charge in [0.25, 0.3) is 0 Å². The summed E-state index contributed by atoms with van der Waals surface area (Å²) in [5.41, 5.74) is 0.789. The normalized spacial score (nSPS) is 16.0. The van der Waals surface area contributed by atoms with E-state index in [0.717, 1.165) is 18.4 Å². The molecule has 0 bridgehead atoms. The molecule has 2 rings (SSSR count). The van der Waals surface area contributed by atoms with Gasteiger partial charge in [-0.15, -0.1) is 0 Å². The first-order valence-electron chi connectivity index (χ1n) is 9.06. The van der Waals surface area contributed by atoms with Crippen molar-refractivity contribution in [1.82, 2.24) is 0 Å². The van der Waals surface area contributed by atoms with E-state index in [-0.39, 0.29) is 11.9 Å². The third-order valence-electron chi connectivity index (χ3n) is 4.98. The molecule has 0 saturated heterocycles. The van der Waals surface area contributed by atoms with Crippen LogP contribution in [0, 0.1) is 0 Å². The summed E-state index contributed by atoms with van der Waals surface area (Å²) in [6.45, 7) is 3.10. The highest BCUT2D eigenvalue weighted by atomic mass is 31.2. The maximum atomic E-state index is 12.6. The van der Waals surface area contributed by atoms with Gasteiger partial charge in [0.1, 0.15) is 5.16 Å². The molecule has 0 atom stereocenters. The van der Waals surface area contributed by atoms with Crippen molar-refractivity contribution in [3.05, 3.63) is 29.8 Å². The molecule has 0 unspecified atom stereocenters.